The molecule has 7 heteroatoms. The van der Waals surface area contributed by atoms with Gasteiger partial charge in [0.05, 0.1) is 12.0 Å². The smallest absolute Gasteiger partial charge is 0.278 e. The molecule has 16 heavy (non-hydrogen) atoms. The fourth-order valence-corrected chi connectivity index (χ4v) is 0.819. The molecular weight excluding hydrogens is 214 g/mol. The van der Waals surface area contributed by atoms with Crippen LogP contribution in [-0.2, 0) is 14.4 Å². The van der Waals surface area contributed by atoms with Crippen molar-refractivity contribution >= 4 is 17.8 Å². The molecule has 0 aromatic carbocycles. The van der Waals surface area contributed by atoms with Crippen LogP contribution in [0.1, 0.15) is 20.8 Å². The Hall–Kier alpha value is -1.63. The zero-order valence-electron chi connectivity index (χ0n) is 9.57. The van der Waals surface area contributed by atoms with Gasteiger partial charge >= 0.3 is 0 Å². The maximum absolute atomic E-state index is 11.4. The van der Waals surface area contributed by atoms with E-state index < -0.39 is 30.0 Å². The molecule has 0 aromatic heterocycles. The molecule has 0 saturated heterocycles. The molecule has 92 valence electrons. The number of hydrogen-bond acceptors (Lipinski definition) is 4. The van der Waals surface area contributed by atoms with Gasteiger partial charge in [-0.3, -0.25) is 9.59 Å². The summed E-state index contributed by atoms with van der Waals surface area (Å²) in [7, 11) is 0. The third-order valence-corrected chi connectivity index (χ3v) is 1.91. The standard InChI is InChI=1S/C9H17N3O4/c1-4(10)7(13)11-5(2)8(14)12-6(3)9(15)16/h4-6H,10H2,1-3H3,(H,11,13)(H,12,14)(H,15,16)/t4-,5-,6+/m1/s1. The normalized spacial score (nSPS) is 15.8. The zero-order valence-corrected chi connectivity index (χ0v) is 9.57. The summed E-state index contributed by atoms with van der Waals surface area (Å²) in [6, 6.07) is -2.38. The van der Waals surface area contributed by atoms with Crippen molar-refractivity contribution in [3.05, 3.63) is 0 Å². The van der Waals surface area contributed by atoms with Crippen molar-refractivity contribution in [1.29, 1.82) is 0 Å². The molecule has 0 saturated carbocycles. The Labute approximate surface area is 93.4 Å². The van der Waals surface area contributed by atoms with Gasteiger partial charge in [-0.25, -0.2) is 0 Å². The van der Waals surface area contributed by atoms with E-state index in [-0.39, 0.29) is 5.91 Å². The maximum Gasteiger partial charge on any atom is 0.278 e. The Bertz CT molecular complexity index is 290. The highest BCUT2D eigenvalue weighted by Gasteiger charge is 2.20. The molecule has 0 aromatic rings. The maximum atomic E-state index is 11.4. The Morgan fingerprint density at radius 3 is 1.81 bits per heavy atom. The largest absolute Gasteiger partial charge is 0.548 e. The first-order valence-corrected chi connectivity index (χ1v) is 4.90. The molecule has 0 bridgehead atoms. The van der Waals surface area contributed by atoms with Gasteiger partial charge in [0.2, 0.25) is 5.91 Å². The van der Waals surface area contributed by atoms with Crippen LogP contribution in [0.3, 0.4) is 0 Å². The van der Waals surface area contributed by atoms with Crippen molar-refractivity contribution in [2.75, 3.05) is 0 Å². The SMILES string of the molecule is C[C@H](NC(=O)[C@@H](C)NC(=O)[C@@H](C)[NH3+])C(=O)[O-]. The highest BCUT2D eigenvalue weighted by atomic mass is 16.4. The van der Waals surface area contributed by atoms with Crippen LogP contribution in [0.5, 0.6) is 0 Å². The summed E-state index contributed by atoms with van der Waals surface area (Å²) in [5, 5.41) is 14.9. The van der Waals surface area contributed by atoms with Crippen LogP contribution in [0.2, 0.25) is 0 Å². The molecule has 0 unspecified atom stereocenters. The van der Waals surface area contributed by atoms with Gasteiger partial charge in [-0.05, 0) is 20.8 Å². The number of rotatable bonds is 5. The lowest BCUT2D eigenvalue weighted by Crippen LogP contribution is -2.67. The molecule has 2 amide bonds. The third kappa shape index (κ3) is 4.74. The van der Waals surface area contributed by atoms with Crippen molar-refractivity contribution in [2.45, 2.75) is 38.9 Å². The fourth-order valence-electron chi connectivity index (χ4n) is 0.819. The molecular formula is C9H17N3O4. The van der Waals surface area contributed by atoms with Crippen LogP contribution in [0, 0.1) is 0 Å². The minimum Gasteiger partial charge on any atom is -0.548 e. The minimum absolute atomic E-state index is 0.372. The minimum atomic E-state index is -1.38. The molecule has 5 N–H and O–H groups in total. The molecule has 0 aliphatic carbocycles. The van der Waals surface area contributed by atoms with E-state index in [1.807, 2.05) is 0 Å². The van der Waals surface area contributed by atoms with E-state index in [4.69, 9.17) is 0 Å². The van der Waals surface area contributed by atoms with Gasteiger partial charge in [-0.2, -0.15) is 0 Å². The summed E-state index contributed by atoms with van der Waals surface area (Å²) in [4.78, 5) is 32.9. The van der Waals surface area contributed by atoms with Gasteiger partial charge in [0.15, 0.2) is 6.04 Å². The Kier molecular flexibility index (Phi) is 5.44. The number of carboxylic acid groups (broad SMARTS) is 1. The van der Waals surface area contributed by atoms with E-state index in [2.05, 4.69) is 16.4 Å². The van der Waals surface area contributed by atoms with Crippen molar-refractivity contribution < 1.29 is 25.2 Å². The van der Waals surface area contributed by atoms with E-state index >= 15 is 0 Å². The second-order valence-electron chi connectivity index (χ2n) is 3.68. The van der Waals surface area contributed by atoms with Crippen LogP contribution in [0.25, 0.3) is 0 Å². The molecule has 7 nitrogen and oxygen atoms in total. The predicted molar refractivity (Wildman–Crippen MR) is 52.6 cm³/mol. The van der Waals surface area contributed by atoms with Crippen LogP contribution in [0.4, 0.5) is 0 Å². The van der Waals surface area contributed by atoms with E-state index in [0.29, 0.717) is 0 Å². The topological polar surface area (TPSA) is 126 Å². The van der Waals surface area contributed by atoms with Gasteiger partial charge in [0.1, 0.15) is 6.04 Å². The number of carbonyl (C=O) groups is 3. The molecule has 0 spiro atoms. The van der Waals surface area contributed by atoms with Crippen LogP contribution < -0.4 is 21.5 Å². The van der Waals surface area contributed by atoms with Gasteiger partial charge in [-0.1, -0.05) is 0 Å². The second kappa shape index (κ2) is 6.06. The van der Waals surface area contributed by atoms with E-state index in [1.165, 1.54) is 13.8 Å². The molecule has 0 aliphatic heterocycles. The number of amides is 2. The number of quaternary nitrogens is 1. The van der Waals surface area contributed by atoms with Crippen molar-refractivity contribution in [2.24, 2.45) is 0 Å². The summed E-state index contributed by atoms with van der Waals surface area (Å²) < 4.78 is 0. The molecule has 0 heterocycles. The van der Waals surface area contributed by atoms with Gasteiger partial charge in [-0.15, -0.1) is 0 Å². The number of aliphatic carboxylic acids is 1. The van der Waals surface area contributed by atoms with Gasteiger partial charge < -0.3 is 26.3 Å². The lowest BCUT2D eigenvalue weighted by molar-refractivity contribution is -0.398. The van der Waals surface area contributed by atoms with Crippen molar-refractivity contribution in [1.82, 2.24) is 10.6 Å². The number of carboxylic acids is 1. The molecule has 0 aliphatic rings. The van der Waals surface area contributed by atoms with Gasteiger partial charge in [0, 0.05) is 0 Å². The van der Waals surface area contributed by atoms with Crippen LogP contribution in [-0.4, -0.2) is 35.9 Å². The summed E-state index contributed by atoms with van der Waals surface area (Å²) in [6.07, 6.45) is 0. The van der Waals surface area contributed by atoms with Crippen LogP contribution >= 0.6 is 0 Å². The zero-order chi connectivity index (χ0) is 12.9. The first-order valence-electron chi connectivity index (χ1n) is 4.90. The fraction of sp³-hybridized carbons (Fsp3) is 0.667. The quantitative estimate of drug-likeness (QED) is 0.451. The Morgan fingerprint density at radius 1 is 1.00 bits per heavy atom. The van der Waals surface area contributed by atoms with E-state index in [0.717, 1.165) is 0 Å². The molecule has 0 rings (SSSR count). The molecule has 0 radical (unpaired) electrons. The summed E-state index contributed by atoms with van der Waals surface area (Å²) in [5.74, 6) is -2.33. The number of hydrogen-bond donors (Lipinski definition) is 3. The highest BCUT2D eigenvalue weighted by molar-refractivity contribution is 5.90. The Balaban J connectivity index is 4.19. The monoisotopic (exact) mass is 231 g/mol. The first-order chi connectivity index (χ1) is 7.25. The lowest BCUT2D eigenvalue weighted by Gasteiger charge is -2.19. The summed E-state index contributed by atoms with van der Waals surface area (Å²) >= 11 is 0. The van der Waals surface area contributed by atoms with E-state index in [1.54, 1.807) is 6.92 Å². The third-order valence-electron chi connectivity index (χ3n) is 1.91. The predicted octanol–water partition coefficient (Wildman–Crippen LogP) is -3.62. The summed E-state index contributed by atoms with van der Waals surface area (Å²) in [6.45, 7) is 4.33. The van der Waals surface area contributed by atoms with Crippen LogP contribution in [0.15, 0.2) is 0 Å². The average Bonchev–Trinajstić information content (AvgIpc) is 2.16. The Morgan fingerprint density at radius 2 is 1.44 bits per heavy atom. The van der Waals surface area contributed by atoms with Crippen molar-refractivity contribution in [3.8, 4) is 0 Å². The summed E-state index contributed by atoms with van der Waals surface area (Å²) in [5.41, 5.74) is 3.49. The van der Waals surface area contributed by atoms with Gasteiger partial charge in [0.25, 0.3) is 5.91 Å². The second-order valence-corrected chi connectivity index (χ2v) is 3.68. The van der Waals surface area contributed by atoms with Crippen molar-refractivity contribution in [3.63, 3.8) is 0 Å². The lowest BCUT2D eigenvalue weighted by atomic mass is 10.2. The number of carbonyl (C=O) groups excluding carboxylic acids is 3. The van der Waals surface area contributed by atoms with E-state index in [9.17, 15) is 19.5 Å². The molecule has 0 fully saturated rings. The first kappa shape index (κ1) is 14.4. The molecule has 3 atom stereocenters. The highest BCUT2D eigenvalue weighted by Crippen LogP contribution is 1.87. The number of nitrogens with one attached hydrogen (secondary N) is 2. The average molecular weight is 231 g/mol.